The summed E-state index contributed by atoms with van der Waals surface area (Å²) in [5, 5.41) is 7.06. The molecule has 0 saturated carbocycles. The Bertz CT molecular complexity index is 751. The van der Waals surface area contributed by atoms with Crippen molar-refractivity contribution in [1.29, 1.82) is 0 Å². The molecule has 3 heterocycles. The zero-order valence-corrected chi connectivity index (χ0v) is 13.7. The summed E-state index contributed by atoms with van der Waals surface area (Å²) in [5.41, 5.74) is 0.308. The third-order valence-corrected chi connectivity index (χ3v) is 4.20. The van der Waals surface area contributed by atoms with E-state index >= 15 is 0 Å². The number of hydrogen-bond donors (Lipinski definition) is 1. The number of carbonyl (C=O) groups is 1. The molecule has 2 aromatic rings. The van der Waals surface area contributed by atoms with Gasteiger partial charge in [-0.3, -0.25) is 14.6 Å². The normalized spacial score (nSPS) is 15.3. The molecule has 0 atom stereocenters. The molecule has 1 N–H and O–H groups in total. The van der Waals surface area contributed by atoms with Crippen molar-refractivity contribution in [1.82, 2.24) is 14.8 Å². The van der Waals surface area contributed by atoms with Gasteiger partial charge in [-0.2, -0.15) is 5.10 Å². The minimum absolute atomic E-state index is 0.119. The second kappa shape index (κ2) is 7.25. The number of carbonyl (C=O) groups excluding carboxylic acids is 1. The summed E-state index contributed by atoms with van der Waals surface area (Å²) < 4.78 is 1.21. The van der Waals surface area contributed by atoms with Gasteiger partial charge in [0.2, 0.25) is 5.91 Å². The summed E-state index contributed by atoms with van der Waals surface area (Å²) in [6.45, 7) is 3.97. The molecule has 0 radical (unpaired) electrons. The molecule has 7 heteroatoms. The molecule has 3 rings (SSSR count). The maximum Gasteiger partial charge on any atom is 0.267 e. The first kappa shape index (κ1) is 16.2. The van der Waals surface area contributed by atoms with Gasteiger partial charge in [0.15, 0.2) is 0 Å². The van der Waals surface area contributed by atoms with Gasteiger partial charge in [0.25, 0.3) is 5.56 Å². The van der Waals surface area contributed by atoms with E-state index in [4.69, 9.17) is 0 Å². The molecule has 126 valence electrons. The Hall–Kier alpha value is -2.70. The monoisotopic (exact) mass is 327 g/mol. The molecule has 0 unspecified atom stereocenters. The second-order valence-corrected chi connectivity index (χ2v) is 6.15. The maximum absolute atomic E-state index is 12.1. The van der Waals surface area contributed by atoms with Crippen LogP contribution in [0.1, 0.15) is 19.8 Å². The quantitative estimate of drug-likeness (QED) is 0.921. The van der Waals surface area contributed by atoms with E-state index in [1.807, 2.05) is 0 Å². The van der Waals surface area contributed by atoms with Crippen LogP contribution in [0.3, 0.4) is 0 Å². The summed E-state index contributed by atoms with van der Waals surface area (Å²) in [6, 6.07) is 6.68. The highest BCUT2D eigenvalue weighted by atomic mass is 16.2. The molecule has 24 heavy (non-hydrogen) atoms. The van der Waals surface area contributed by atoms with E-state index in [1.54, 1.807) is 30.6 Å². The number of amides is 1. The van der Waals surface area contributed by atoms with E-state index in [-0.39, 0.29) is 18.0 Å². The average molecular weight is 327 g/mol. The molecule has 1 aliphatic rings. The SMILES string of the molecule is CC1CCN(c2ccc(=O)n(CC(=O)Nc3cccnc3)n2)CC1. The topological polar surface area (TPSA) is 80.1 Å². The van der Waals surface area contributed by atoms with E-state index < -0.39 is 0 Å². The first-order valence-corrected chi connectivity index (χ1v) is 8.15. The van der Waals surface area contributed by atoms with E-state index in [1.165, 1.54) is 10.7 Å². The van der Waals surface area contributed by atoms with Crippen molar-refractivity contribution < 1.29 is 4.79 Å². The molecule has 1 fully saturated rings. The molecule has 1 amide bonds. The Balaban J connectivity index is 1.70. The number of pyridine rings is 1. The average Bonchev–Trinajstić information content (AvgIpc) is 2.58. The fourth-order valence-corrected chi connectivity index (χ4v) is 2.73. The molecular weight excluding hydrogens is 306 g/mol. The van der Waals surface area contributed by atoms with Gasteiger partial charge in [-0.15, -0.1) is 0 Å². The van der Waals surface area contributed by atoms with Gasteiger partial charge in [0.05, 0.1) is 11.9 Å². The van der Waals surface area contributed by atoms with Crippen LogP contribution in [-0.2, 0) is 11.3 Å². The van der Waals surface area contributed by atoms with Crippen molar-refractivity contribution in [2.24, 2.45) is 5.92 Å². The van der Waals surface area contributed by atoms with Gasteiger partial charge in [-0.1, -0.05) is 6.92 Å². The van der Waals surface area contributed by atoms with Crippen LogP contribution in [0.4, 0.5) is 11.5 Å². The maximum atomic E-state index is 12.1. The smallest absolute Gasteiger partial charge is 0.267 e. The van der Waals surface area contributed by atoms with Gasteiger partial charge in [0.1, 0.15) is 12.4 Å². The molecule has 0 aliphatic carbocycles. The van der Waals surface area contributed by atoms with Crippen molar-refractivity contribution in [2.75, 3.05) is 23.3 Å². The van der Waals surface area contributed by atoms with E-state index in [9.17, 15) is 9.59 Å². The fraction of sp³-hybridized carbons (Fsp3) is 0.412. The van der Waals surface area contributed by atoms with Crippen LogP contribution in [0.5, 0.6) is 0 Å². The van der Waals surface area contributed by atoms with Gasteiger partial charge in [-0.05, 0) is 37.0 Å². The number of rotatable bonds is 4. The lowest BCUT2D eigenvalue weighted by Crippen LogP contribution is -2.36. The first-order valence-electron chi connectivity index (χ1n) is 8.15. The third-order valence-electron chi connectivity index (χ3n) is 4.20. The highest BCUT2D eigenvalue weighted by Gasteiger charge is 2.18. The number of piperidine rings is 1. The summed E-state index contributed by atoms with van der Waals surface area (Å²) >= 11 is 0. The lowest BCUT2D eigenvalue weighted by molar-refractivity contribution is -0.117. The Morgan fingerprint density at radius 3 is 2.79 bits per heavy atom. The van der Waals surface area contributed by atoms with Crippen molar-refractivity contribution in [3.05, 3.63) is 47.0 Å². The minimum Gasteiger partial charge on any atom is -0.355 e. The molecule has 0 bridgehead atoms. The zero-order valence-electron chi connectivity index (χ0n) is 13.7. The minimum atomic E-state index is -0.304. The van der Waals surface area contributed by atoms with Gasteiger partial charge >= 0.3 is 0 Å². The van der Waals surface area contributed by atoms with Crippen LogP contribution in [0.25, 0.3) is 0 Å². The predicted octanol–water partition coefficient (Wildman–Crippen LogP) is 1.51. The summed E-state index contributed by atoms with van der Waals surface area (Å²) in [4.78, 5) is 30.2. The Morgan fingerprint density at radius 1 is 1.29 bits per heavy atom. The van der Waals surface area contributed by atoms with Gasteiger partial charge in [-0.25, -0.2) is 4.68 Å². The fourth-order valence-electron chi connectivity index (χ4n) is 2.73. The van der Waals surface area contributed by atoms with Crippen molar-refractivity contribution >= 4 is 17.4 Å². The molecule has 2 aromatic heterocycles. The van der Waals surface area contributed by atoms with Crippen LogP contribution >= 0.6 is 0 Å². The van der Waals surface area contributed by atoms with Crippen LogP contribution < -0.4 is 15.8 Å². The Morgan fingerprint density at radius 2 is 2.08 bits per heavy atom. The summed E-state index contributed by atoms with van der Waals surface area (Å²) in [7, 11) is 0. The summed E-state index contributed by atoms with van der Waals surface area (Å²) in [5.74, 6) is 1.16. The largest absolute Gasteiger partial charge is 0.355 e. The lowest BCUT2D eigenvalue weighted by atomic mass is 9.99. The van der Waals surface area contributed by atoms with Crippen molar-refractivity contribution in [3.8, 4) is 0 Å². The van der Waals surface area contributed by atoms with Crippen molar-refractivity contribution in [3.63, 3.8) is 0 Å². The zero-order chi connectivity index (χ0) is 16.9. The van der Waals surface area contributed by atoms with Crippen molar-refractivity contribution in [2.45, 2.75) is 26.3 Å². The Kier molecular flexibility index (Phi) is 4.88. The third kappa shape index (κ3) is 3.98. The first-order chi connectivity index (χ1) is 11.6. The molecule has 0 aromatic carbocycles. The van der Waals surface area contributed by atoms with Crippen LogP contribution in [0.15, 0.2) is 41.5 Å². The molecule has 7 nitrogen and oxygen atoms in total. The van der Waals surface area contributed by atoms with Crippen LogP contribution in [0, 0.1) is 5.92 Å². The highest BCUT2D eigenvalue weighted by Crippen LogP contribution is 2.20. The highest BCUT2D eigenvalue weighted by molar-refractivity contribution is 5.90. The van der Waals surface area contributed by atoms with E-state index in [0.717, 1.165) is 37.7 Å². The number of nitrogens with one attached hydrogen (secondary N) is 1. The second-order valence-electron chi connectivity index (χ2n) is 6.15. The van der Waals surface area contributed by atoms with Gasteiger partial charge < -0.3 is 10.2 Å². The van der Waals surface area contributed by atoms with Crippen LogP contribution in [-0.4, -0.2) is 33.8 Å². The predicted molar refractivity (Wildman–Crippen MR) is 92.0 cm³/mol. The summed E-state index contributed by atoms with van der Waals surface area (Å²) in [6.07, 6.45) is 5.41. The molecule has 1 saturated heterocycles. The standard InChI is InChI=1S/C17H21N5O2/c1-13-6-9-21(10-7-13)15-4-5-17(24)22(20-15)12-16(23)19-14-3-2-8-18-11-14/h2-5,8,11,13H,6-7,9-10,12H2,1H3,(H,19,23). The van der Waals surface area contributed by atoms with E-state index in [0.29, 0.717) is 5.69 Å². The number of nitrogens with zero attached hydrogens (tertiary/aromatic N) is 4. The number of hydrogen-bond acceptors (Lipinski definition) is 5. The number of aromatic nitrogens is 3. The Labute approximate surface area is 140 Å². The van der Waals surface area contributed by atoms with Gasteiger partial charge in [0, 0.05) is 25.4 Å². The molecule has 1 aliphatic heterocycles. The number of anilines is 2. The lowest BCUT2D eigenvalue weighted by Gasteiger charge is -2.31. The molecular formula is C17H21N5O2. The molecule has 0 spiro atoms. The van der Waals surface area contributed by atoms with Crippen LogP contribution in [0.2, 0.25) is 0 Å². The van der Waals surface area contributed by atoms with E-state index in [2.05, 4.69) is 27.2 Å².